The highest BCUT2D eigenvalue weighted by Gasteiger charge is 2.28. The maximum absolute atomic E-state index is 12.1. The number of carbonyl (C=O) groups excluding carboxylic acids is 1. The average molecular weight is 332 g/mol. The second-order valence-electron chi connectivity index (χ2n) is 5.98. The summed E-state index contributed by atoms with van der Waals surface area (Å²) in [6, 6.07) is 9.18. The van der Waals surface area contributed by atoms with Crippen LogP contribution in [0, 0.1) is 6.92 Å². The number of thiophene rings is 1. The van der Waals surface area contributed by atoms with Crippen LogP contribution in [-0.2, 0) is 5.60 Å². The lowest BCUT2D eigenvalue weighted by Gasteiger charge is -2.23. The molecule has 6 heteroatoms. The molecule has 0 saturated heterocycles. The van der Waals surface area contributed by atoms with Gasteiger partial charge in [-0.25, -0.2) is 4.79 Å². The molecule has 2 amide bonds. The van der Waals surface area contributed by atoms with Crippen LogP contribution in [-0.4, -0.2) is 24.3 Å². The first kappa shape index (κ1) is 15.8. The number of amides is 2. The van der Waals surface area contributed by atoms with E-state index in [9.17, 15) is 9.90 Å². The van der Waals surface area contributed by atoms with Gasteiger partial charge < -0.3 is 20.5 Å². The quantitative estimate of drug-likeness (QED) is 0.806. The molecule has 2 aromatic rings. The molecule has 1 aliphatic heterocycles. The summed E-state index contributed by atoms with van der Waals surface area (Å²) in [7, 11) is 0. The molecule has 0 spiro atoms. The number of nitrogens with one attached hydrogen (secondary N) is 2. The minimum Gasteiger partial charge on any atom is -0.491 e. The molecule has 0 bridgehead atoms. The van der Waals surface area contributed by atoms with Crippen molar-refractivity contribution in [3.63, 3.8) is 0 Å². The van der Waals surface area contributed by atoms with Crippen molar-refractivity contribution >= 4 is 17.4 Å². The number of rotatable bonds is 4. The SMILES string of the molecule is Cc1ccc2c(c1)C(NC(=O)NCC(C)(O)c1cccs1)CO2. The monoisotopic (exact) mass is 332 g/mol. The fraction of sp³-hybridized carbons (Fsp3) is 0.353. The number of hydrogen-bond donors (Lipinski definition) is 3. The van der Waals surface area contributed by atoms with Crippen LogP contribution in [0.15, 0.2) is 35.7 Å². The van der Waals surface area contributed by atoms with Gasteiger partial charge in [-0.05, 0) is 31.4 Å². The first-order chi connectivity index (χ1) is 11.0. The Hall–Kier alpha value is -2.05. The Balaban J connectivity index is 1.58. The van der Waals surface area contributed by atoms with E-state index in [1.165, 1.54) is 11.3 Å². The first-order valence-electron chi connectivity index (χ1n) is 7.50. The molecular formula is C17H20N2O3S. The van der Waals surface area contributed by atoms with Gasteiger partial charge in [0.15, 0.2) is 0 Å². The third kappa shape index (κ3) is 3.48. The van der Waals surface area contributed by atoms with E-state index < -0.39 is 5.60 Å². The molecule has 1 aromatic carbocycles. The van der Waals surface area contributed by atoms with Gasteiger partial charge >= 0.3 is 6.03 Å². The number of aliphatic hydroxyl groups is 1. The molecule has 0 aliphatic carbocycles. The molecule has 3 N–H and O–H groups in total. The zero-order valence-corrected chi connectivity index (χ0v) is 13.9. The van der Waals surface area contributed by atoms with E-state index in [1.54, 1.807) is 6.92 Å². The van der Waals surface area contributed by atoms with Gasteiger partial charge in [0.25, 0.3) is 0 Å². The number of carbonyl (C=O) groups is 1. The summed E-state index contributed by atoms with van der Waals surface area (Å²) >= 11 is 1.47. The molecule has 3 rings (SSSR count). The Bertz CT molecular complexity index is 698. The van der Waals surface area contributed by atoms with Gasteiger partial charge in [-0.15, -0.1) is 11.3 Å². The maximum Gasteiger partial charge on any atom is 0.315 e. The summed E-state index contributed by atoms with van der Waals surface area (Å²) in [4.78, 5) is 12.9. The summed E-state index contributed by atoms with van der Waals surface area (Å²) in [5, 5.41) is 18.0. The predicted molar refractivity (Wildman–Crippen MR) is 89.8 cm³/mol. The van der Waals surface area contributed by atoms with Crippen LogP contribution in [0.3, 0.4) is 0 Å². The predicted octanol–water partition coefficient (Wildman–Crippen LogP) is 2.70. The normalized spacial score (nSPS) is 18.7. The first-order valence-corrected chi connectivity index (χ1v) is 8.38. The van der Waals surface area contributed by atoms with E-state index in [4.69, 9.17) is 4.74 Å². The van der Waals surface area contributed by atoms with Crippen LogP contribution < -0.4 is 15.4 Å². The largest absolute Gasteiger partial charge is 0.491 e. The summed E-state index contributed by atoms with van der Waals surface area (Å²) in [6.07, 6.45) is 0. The van der Waals surface area contributed by atoms with Crippen molar-refractivity contribution in [1.29, 1.82) is 0 Å². The molecule has 2 unspecified atom stereocenters. The Labute approximate surface area is 139 Å². The number of fused-ring (bicyclic) bond motifs is 1. The molecule has 2 heterocycles. The highest BCUT2D eigenvalue weighted by atomic mass is 32.1. The number of aryl methyl sites for hydroxylation is 1. The third-order valence-electron chi connectivity index (χ3n) is 3.90. The second-order valence-corrected chi connectivity index (χ2v) is 6.93. The van der Waals surface area contributed by atoms with Crippen molar-refractivity contribution in [2.45, 2.75) is 25.5 Å². The van der Waals surface area contributed by atoms with Crippen molar-refractivity contribution in [2.24, 2.45) is 0 Å². The number of ether oxygens (including phenoxy) is 1. The van der Waals surface area contributed by atoms with Crippen molar-refractivity contribution in [1.82, 2.24) is 10.6 Å². The molecule has 0 fully saturated rings. The zero-order valence-electron chi connectivity index (χ0n) is 13.1. The van der Waals surface area contributed by atoms with E-state index in [1.807, 2.05) is 42.6 Å². The lowest BCUT2D eigenvalue weighted by Crippen LogP contribution is -2.44. The molecule has 0 radical (unpaired) electrons. The van der Waals surface area contributed by atoms with E-state index in [0.717, 1.165) is 21.8 Å². The number of hydrogen-bond acceptors (Lipinski definition) is 4. The second kappa shape index (κ2) is 6.22. The van der Waals surface area contributed by atoms with Gasteiger partial charge in [-0.1, -0.05) is 23.8 Å². The molecule has 5 nitrogen and oxygen atoms in total. The van der Waals surface area contributed by atoms with Gasteiger partial charge in [0, 0.05) is 10.4 Å². The van der Waals surface area contributed by atoms with Crippen molar-refractivity contribution in [3.8, 4) is 5.75 Å². The summed E-state index contributed by atoms with van der Waals surface area (Å²) in [5.41, 5.74) is 1.04. The summed E-state index contributed by atoms with van der Waals surface area (Å²) < 4.78 is 5.58. The maximum atomic E-state index is 12.1. The highest BCUT2D eigenvalue weighted by Crippen LogP contribution is 2.32. The Kier molecular flexibility index (Phi) is 4.28. The van der Waals surface area contributed by atoms with Crippen molar-refractivity contribution in [3.05, 3.63) is 51.7 Å². The Morgan fingerprint density at radius 2 is 2.30 bits per heavy atom. The van der Waals surface area contributed by atoms with Crippen LogP contribution in [0.2, 0.25) is 0 Å². The van der Waals surface area contributed by atoms with Crippen LogP contribution in [0.4, 0.5) is 4.79 Å². The standard InChI is InChI=1S/C17H20N2O3S/c1-11-5-6-14-12(8-11)13(9-22-14)19-16(20)18-10-17(2,21)15-4-3-7-23-15/h3-8,13,21H,9-10H2,1-2H3,(H2,18,19,20). The lowest BCUT2D eigenvalue weighted by molar-refractivity contribution is 0.0630. The summed E-state index contributed by atoms with van der Waals surface area (Å²) in [5.74, 6) is 0.812. The molecule has 2 atom stereocenters. The third-order valence-corrected chi connectivity index (χ3v) is 5.02. The van der Waals surface area contributed by atoms with E-state index in [2.05, 4.69) is 10.6 Å². The van der Waals surface area contributed by atoms with Crippen LogP contribution in [0.25, 0.3) is 0 Å². The highest BCUT2D eigenvalue weighted by molar-refractivity contribution is 7.10. The van der Waals surface area contributed by atoms with E-state index >= 15 is 0 Å². The fourth-order valence-electron chi connectivity index (χ4n) is 2.59. The lowest BCUT2D eigenvalue weighted by atomic mass is 10.1. The van der Waals surface area contributed by atoms with E-state index in [0.29, 0.717) is 6.61 Å². The minimum atomic E-state index is -1.08. The van der Waals surface area contributed by atoms with Gasteiger partial charge in [-0.3, -0.25) is 0 Å². The Morgan fingerprint density at radius 1 is 1.48 bits per heavy atom. The molecular weight excluding hydrogens is 312 g/mol. The number of benzene rings is 1. The molecule has 1 aromatic heterocycles. The van der Waals surface area contributed by atoms with Crippen LogP contribution in [0.1, 0.15) is 29.0 Å². The minimum absolute atomic E-state index is 0.146. The fourth-order valence-corrected chi connectivity index (χ4v) is 3.37. The van der Waals surface area contributed by atoms with Gasteiger partial charge in [0.2, 0.25) is 0 Å². The zero-order chi connectivity index (χ0) is 16.4. The smallest absolute Gasteiger partial charge is 0.315 e. The van der Waals surface area contributed by atoms with Gasteiger partial charge in [-0.2, -0.15) is 0 Å². The molecule has 1 aliphatic rings. The van der Waals surface area contributed by atoms with Crippen molar-refractivity contribution < 1.29 is 14.6 Å². The number of urea groups is 1. The van der Waals surface area contributed by atoms with Crippen LogP contribution in [0.5, 0.6) is 5.75 Å². The topological polar surface area (TPSA) is 70.6 Å². The molecule has 122 valence electrons. The van der Waals surface area contributed by atoms with Crippen molar-refractivity contribution in [2.75, 3.05) is 13.2 Å². The van der Waals surface area contributed by atoms with Gasteiger partial charge in [0.05, 0.1) is 12.6 Å². The Morgan fingerprint density at radius 3 is 3.04 bits per heavy atom. The molecule has 23 heavy (non-hydrogen) atoms. The average Bonchev–Trinajstić information content (AvgIpc) is 3.16. The van der Waals surface area contributed by atoms with Crippen LogP contribution >= 0.6 is 11.3 Å². The summed E-state index contributed by atoms with van der Waals surface area (Å²) in [6.45, 7) is 4.27. The van der Waals surface area contributed by atoms with Gasteiger partial charge in [0.1, 0.15) is 18.0 Å². The van der Waals surface area contributed by atoms with E-state index in [-0.39, 0.29) is 18.6 Å². The molecule has 0 saturated carbocycles.